The molecule has 2 aromatic rings. The zero-order valence-electron chi connectivity index (χ0n) is 9.58. The number of hydrogen-bond acceptors (Lipinski definition) is 2. The van der Waals surface area contributed by atoms with Gasteiger partial charge in [-0.2, -0.15) is 4.57 Å². The van der Waals surface area contributed by atoms with Crippen molar-refractivity contribution >= 4 is 11.6 Å². The van der Waals surface area contributed by atoms with E-state index in [1.807, 2.05) is 30.3 Å². The molecule has 0 saturated carbocycles. The molecule has 94 valence electrons. The predicted octanol–water partition coefficient (Wildman–Crippen LogP) is -1.68. The minimum Gasteiger partial charge on any atom is -1.00 e. The number of amides is 1. The zero-order valence-corrected chi connectivity index (χ0v) is 10.3. The Morgan fingerprint density at radius 2 is 1.89 bits per heavy atom. The van der Waals surface area contributed by atoms with E-state index < -0.39 is 0 Å². The molecular formula is C13H13ClN2O2. The van der Waals surface area contributed by atoms with E-state index in [1.54, 1.807) is 22.9 Å². The molecule has 5 heteroatoms. The Morgan fingerprint density at radius 1 is 1.17 bits per heavy atom. The van der Waals surface area contributed by atoms with E-state index in [-0.39, 0.29) is 30.6 Å². The second kappa shape index (κ2) is 6.61. The molecule has 0 unspecified atom stereocenters. The van der Waals surface area contributed by atoms with Crippen molar-refractivity contribution in [1.82, 2.24) is 0 Å². The number of pyridine rings is 1. The largest absolute Gasteiger partial charge is 1.00 e. The first-order chi connectivity index (χ1) is 8.24. The number of carbonyl (C=O) groups is 1. The normalized spacial score (nSPS) is 9.33. The number of rotatable bonds is 3. The van der Waals surface area contributed by atoms with Gasteiger partial charge in [0.25, 0.3) is 5.91 Å². The maximum absolute atomic E-state index is 11.7. The summed E-state index contributed by atoms with van der Waals surface area (Å²) in [6.45, 7) is 0.170. The highest BCUT2D eigenvalue weighted by molar-refractivity contribution is 5.89. The highest BCUT2D eigenvalue weighted by Crippen LogP contribution is 2.04. The molecule has 18 heavy (non-hydrogen) atoms. The summed E-state index contributed by atoms with van der Waals surface area (Å²) in [6.07, 6.45) is 3.23. The van der Waals surface area contributed by atoms with E-state index >= 15 is 0 Å². The topological polar surface area (TPSA) is 53.2 Å². The number of anilines is 1. The Balaban J connectivity index is 0.00000162. The van der Waals surface area contributed by atoms with Gasteiger partial charge in [0.15, 0.2) is 11.9 Å². The van der Waals surface area contributed by atoms with Gasteiger partial charge >= 0.3 is 0 Å². The number of aromatic hydroxyl groups is 1. The molecule has 0 atom stereocenters. The molecule has 1 aromatic heterocycles. The first-order valence-electron chi connectivity index (χ1n) is 5.27. The van der Waals surface area contributed by atoms with E-state index in [1.165, 1.54) is 6.20 Å². The fourth-order valence-electron chi connectivity index (χ4n) is 1.49. The molecule has 4 nitrogen and oxygen atoms in total. The van der Waals surface area contributed by atoms with Crippen molar-refractivity contribution in [2.24, 2.45) is 0 Å². The van der Waals surface area contributed by atoms with E-state index in [9.17, 15) is 9.90 Å². The summed E-state index contributed by atoms with van der Waals surface area (Å²) < 4.78 is 1.62. The first-order valence-corrected chi connectivity index (χ1v) is 5.27. The summed E-state index contributed by atoms with van der Waals surface area (Å²) in [5.41, 5.74) is 0.762. The van der Waals surface area contributed by atoms with Gasteiger partial charge in [-0.1, -0.05) is 18.2 Å². The number of para-hydroxylation sites is 1. The van der Waals surface area contributed by atoms with E-state index in [0.717, 1.165) is 5.69 Å². The molecule has 0 bridgehead atoms. The zero-order chi connectivity index (χ0) is 12.1. The Labute approximate surface area is 111 Å². The molecule has 0 aliphatic carbocycles. The molecule has 0 radical (unpaired) electrons. The van der Waals surface area contributed by atoms with Crippen molar-refractivity contribution in [3.05, 3.63) is 54.9 Å². The van der Waals surface area contributed by atoms with Crippen LogP contribution in [0.25, 0.3) is 0 Å². The van der Waals surface area contributed by atoms with Gasteiger partial charge < -0.3 is 22.8 Å². The minimum atomic E-state index is -0.133. The number of halogens is 1. The lowest BCUT2D eigenvalue weighted by Crippen LogP contribution is -3.00. The highest BCUT2D eigenvalue weighted by atomic mass is 35.5. The van der Waals surface area contributed by atoms with Crippen LogP contribution in [0, 0.1) is 0 Å². The van der Waals surface area contributed by atoms with E-state index in [2.05, 4.69) is 5.32 Å². The molecule has 2 rings (SSSR count). The Bertz CT molecular complexity index is 517. The maximum Gasteiger partial charge on any atom is 0.290 e. The number of carbonyl (C=O) groups excluding carboxylic acids is 1. The summed E-state index contributed by atoms with van der Waals surface area (Å²) in [6, 6.07) is 12.5. The molecule has 0 aliphatic heterocycles. The van der Waals surface area contributed by atoms with Crippen LogP contribution in [0.15, 0.2) is 54.9 Å². The third-order valence-electron chi connectivity index (χ3n) is 2.23. The molecule has 2 N–H and O–H groups in total. The average molecular weight is 265 g/mol. The molecule has 0 saturated heterocycles. The monoisotopic (exact) mass is 264 g/mol. The number of nitrogens with one attached hydrogen (secondary N) is 1. The highest BCUT2D eigenvalue weighted by Gasteiger charge is 2.09. The summed E-state index contributed by atoms with van der Waals surface area (Å²) in [4.78, 5) is 11.7. The quantitative estimate of drug-likeness (QED) is 0.651. The molecule has 0 spiro atoms. The summed E-state index contributed by atoms with van der Waals surface area (Å²) >= 11 is 0. The van der Waals surface area contributed by atoms with Gasteiger partial charge in [0.1, 0.15) is 0 Å². The van der Waals surface area contributed by atoms with Crippen molar-refractivity contribution in [2.75, 3.05) is 5.32 Å². The van der Waals surface area contributed by atoms with Gasteiger partial charge in [0, 0.05) is 11.8 Å². The summed E-state index contributed by atoms with van der Waals surface area (Å²) in [5.74, 6) is 0.00631. The molecule has 0 fully saturated rings. The molecule has 1 aromatic carbocycles. The fraction of sp³-hybridized carbons (Fsp3) is 0.0769. The Hall–Kier alpha value is -2.07. The third-order valence-corrected chi connectivity index (χ3v) is 2.23. The molecular weight excluding hydrogens is 252 g/mol. The van der Waals surface area contributed by atoms with Crippen LogP contribution in [-0.4, -0.2) is 11.0 Å². The van der Waals surface area contributed by atoms with Gasteiger partial charge in [-0.15, -0.1) is 0 Å². The van der Waals surface area contributed by atoms with Crippen molar-refractivity contribution in [3.8, 4) is 5.75 Å². The smallest absolute Gasteiger partial charge is 0.290 e. The van der Waals surface area contributed by atoms with Gasteiger partial charge in [0.05, 0.1) is 0 Å². The lowest BCUT2D eigenvalue weighted by molar-refractivity contribution is -0.684. The lowest BCUT2D eigenvalue weighted by atomic mass is 10.3. The van der Waals surface area contributed by atoms with Crippen LogP contribution in [0.5, 0.6) is 5.75 Å². The fourth-order valence-corrected chi connectivity index (χ4v) is 1.49. The second-order valence-electron chi connectivity index (χ2n) is 3.65. The first kappa shape index (κ1) is 14.0. The third kappa shape index (κ3) is 4.07. The van der Waals surface area contributed by atoms with Crippen LogP contribution in [0.1, 0.15) is 0 Å². The van der Waals surface area contributed by atoms with Crippen LogP contribution in [0.4, 0.5) is 5.69 Å². The van der Waals surface area contributed by atoms with Gasteiger partial charge in [-0.05, 0) is 18.2 Å². The summed E-state index contributed by atoms with van der Waals surface area (Å²) in [7, 11) is 0. The molecule has 0 aliphatic rings. The number of aromatic nitrogens is 1. The van der Waals surface area contributed by atoms with Crippen molar-refractivity contribution in [3.63, 3.8) is 0 Å². The van der Waals surface area contributed by atoms with Crippen molar-refractivity contribution < 1.29 is 26.9 Å². The van der Waals surface area contributed by atoms with E-state index in [0.29, 0.717) is 0 Å². The van der Waals surface area contributed by atoms with Crippen LogP contribution in [-0.2, 0) is 11.3 Å². The molecule has 1 heterocycles. The summed E-state index contributed by atoms with van der Waals surface area (Å²) in [5, 5.41) is 12.0. The van der Waals surface area contributed by atoms with Crippen LogP contribution < -0.4 is 22.3 Å². The predicted molar refractivity (Wildman–Crippen MR) is 63.4 cm³/mol. The van der Waals surface area contributed by atoms with Gasteiger partial charge in [0.2, 0.25) is 12.7 Å². The maximum atomic E-state index is 11.7. The van der Waals surface area contributed by atoms with Crippen LogP contribution in [0.3, 0.4) is 0 Å². The number of benzene rings is 1. The average Bonchev–Trinajstić information content (AvgIpc) is 2.30. The number of nitrogens with zero attached hydrogens (tertiary/aromatic N) is 1. The minimum absolute atomic E-state index is 0. The van der Waals surface area contributed by atoms with Crippen LogP contribution in [0.2, 0.25) is 0 Å². The van der Waals surface area contributed by atoms with Crippen molar-refractivity contribution in [1.29, 1.82) is 0 Å². The van der Waals surface area contributed by atoms with Crippen molar-refractivity contribution in [2.45, 2.75) is 6.54 Å². The SMILES string of the molecule is O=C(C[n+]1cccc(O)c1)Nc1ccccc1.[Cl-]. The van der Waals surface area contributed by atoms with E-state index in [4.69, 9.17) is 0 Å². The van der Waals surface area contributed by atoms with Crippen LogP contribution >= 0.6 is 0 Å². The lowest BCUT2D eigenvalue weighted by Gasteiger charge is -2.02. The van der Waals surface area contributed by atoms with Gasteiger partial charge in [-0.3, -0.25) is 4.79 Å². The standard InChI is InChI=1S/C13H12N2O2.ClH/c16-12-7-4-8-15(9-12)10-13(17)14-11-5-2-1-3-6-11;/h1-9H,10H2,(H-,14,16,17);1H. The van der Waals surface area contributed by atoms with Gasteiger partial charge in [-0.25, -0.2) is 0 Å². The Morgan fingerprint density at radius 3 is 2.56 bits per heavy atom. The molecule has 1 amide bonds. The second-order valence-corrected chi connectivity index (χ2v) is 3.65. The number of hydrogen-bond donors (Lipinski definition) is 2. The Kier molecular flexibility index (Phi) is 5.14.